The van der Waals surface area contributed by atoms with Gasteiger partial charge in [-0.25, -0.2) is 0 Å². The van der Waals surface area contributed by atoms with Crippen molar-refractivity contribution in [3.63, 3.8) is 0 Å². The van der Waals surface area contributed by atoms with Crippen LogP contribution in [0.15, 0.2) is 140 Å². The molecule has 0 unspecified atom stereocenters. The van der Waals surface area contributed by atoms with Crippen molar-refractivity contribution >= 4 is 17.1 Å². The third kappa shape index (κ3) is 4.41. The molecule has 0 aliphatic carbocycles. The van der Waals surface area contributed by atoms with Gasteiger partial charge in [0.2, 0.25) is 0 Å². The number of benzene rings is 6. The molecule has 0 saturated carbocycles. The molecule has 0 aromatic heterocycles. The molecule has 0 amide bonds. The van der Waals surface area contributed by atoms with Crippen LogP contribution in [0.25, 0.3) is 55.6 Å². The maximum Gasteiger partial charge on any atom is 0.0501 e. The standard InChI is InChI=1S/C36H29N3/c37-28-21-22-29(30(23-28)24-13-5-1-6-14-24)34-31(25-15-7-2-8-16-25)35(38)33(27-19-11-4-12-20-27)36(39)32(34)26-17-9-3-10-18-26/h1-23H,37-39H2. The van der Waals surface area contributed by atoms with Crippen LogP contribution in [-0.2, 0) is 0 Å². The van der Waals surface area contributed by atoms with Gasteiger partial charge in [-0.2, -0.15) is 0 Å². The Bertz CT molecular complexity index is 1680. The summed E-state index contributed by atoms with van der Waals surface area (Å²) in [5.41, 5.74) is 32.5. The summed E-state index contributed by atoms with van der Waals surface area (Å²) >= 11 is 0. The van der Waals surface area contributed by atoms with Crippen LogP contribution in [0.5, 0.6) is 0 Å². The van der Waals surface area contributed by atoms with E-state index < -0.39 is 0 Å². The fourth-order valence-electron chi connectivity index (χ4n) is 5.42. The highest BCUT2D eigenvalue weighted by molar-refractivity contribution is 6.13. The third-order valence-corrected chi connectivity index (χ3v) is 7.16. The van der Waals surface area contributed by atoms with Gasteiger partial charge in [0, 0.05) is 27.9 Å². The molecule has 6 aromatic rings. The van der Waals surface area contributed by atoms with E-state index in [9.17, 15) is 0 Å². The normalized spacial score (nSPS) is 10.9. The molecule has 6 N–H and O–H groups in total. The van der Waals surface area contributed by atoms with E-state index in [1.807, 2.05) is 84.9 Å². The molecular formula is C36H29N3. The van der Waals surface area contributed by atoms with Gasteiger partial charge in [-0.05, 0) is 45.5 Å². The minimum Gasteiger partial charge on any atom is -0.399 e. The maximum absolute atomic E-state index is 7.15. The number of hydrogen-bond acceptors (Lipinski definition) is 3. The quantitative estimate of drug-likeness (QED) is 0.206. The second-order valence-electron chi connectivity index (χ2n) is 9.60. The summed E-state index contributed by atoms with van der Waals surface area (Å²) < 4.78 is 0. The zero-order valence-corrected chi connectivity index (χ0v) is 21.5. The van der Waals surface area contributed by atoms with Gasteiger partial charge in [0.05, 0.1) is 11.4 Å². The first kappa shape index (κ1) is 24.1. The van der Waals surface area contributed by atoms with Crippen LogP contribution in [0.3, 0.4) is 0 Å². The van der Waals surface area contributed by atoms with Crippen molar-refractivity contribution in [3.8, 4) is 55.6 Å². The summed E-state index contributed by atoms with van der Waals surface area (Å²) in [5.74, 6) is 0. The zero-order chi connectivity index (χ0) is 26.8. The average molecular weight is 504 g/mol. The molecule has 6 aromatic carbocycles. The van der Waals surface area contributed by atoms with E-state index in [0.29, 0.717) is 17.1 Å². The second-order valence-corrected chi connectivity index (χ2v) is 9.60. The minimum absolute atomic E-state index is 0.649. The first-order chi connectivity index (χ1) is 19.1. The number of nitrogens with two attached hydrogens (primary N) is 3. The van der Waals surface area contributed by atoms with Gasteiger partial charge < -0.3 is 17.2 Å². The van der Waals surface area contributed by atoms with Crippen LogP contribution in [0.4, 0.5) is 17.1 Å². The lowest BCUT2D eigenvalue weighted by atomic mass is 9.80. The molecule has 0 saturated heterocycles. The Balaban J connectivity index is 1.82. The van der Waals surface area contributed by atoms with Crippen LogP contribution in [0.2, 0.25) is 0 Å². The van der Waals surface area contributed by atoms with Crippen molar-refractivity contribution in [1.82, 2.24) is 0 Å². The molecule has 39 heavy (non-hydrogen) atoms. The molecule has 6 rings (SSSR count). The summed E-state index contributed by atoms with van der Waals surface area (Å²) in [6.07, 6.45) is 0. The van der Waals surface area contributed by atoms with Crippen LogP contribution < -0.4 is 17.2 Å². The van der Waals surface area contributed by atoms with Gasteiger partial charge in [-0.15, -0.1) is 0 Å². The van der Waals surface area contributed by atoms with E-state index >= 15 is 0 Å². The smallest absolute Gasteiger partial charge is 0.0501 e. The van der Waals surface area contributed by atoms with E-state index in [2.05, 4.69) is 54.6 Å². The Morgan fingerprint density at radius 1 is 0.308 bits per heavy atom. The minimum atomic E-state index is 0.649. The molecule has 0 heterocycles. The monoisotopic (exact) mass is 503 g/mol. The molecule has 3 heteroatoms. The van der Waals surface area contributed by atoms with Gasteiger partial charge in [-0.3, -0.25) is 0 Å². The van der Waals surface area contributed by atoms with Crippen molar-refractivity contribution in [2.24, 2.45) is 0 Å². The van der Waals surface area contributed by atoms with Crippen molar-refractivity contribution in [2.75, 3.05) is 17.2 Å². The third-order valence-electron chi connectivity index (χ3n) is 7.16. The summed E-state index contributed by atoms with van der Waals surface area (Å²) in [4.78, 5) is 0. The SMILES string of the molecule is Nc1ccc(-c2c(-c3ccccc3)c(N)c(-c3ccccc3)c(N)c2-c2ccccc2)c(-c2ccccc2)c1. The molecule has 3 nitrogen and oxygen atoms in total. The Labute approximate surface area is 229 Å². The Morgan fingerprint density at radius 3 is 1.13 bits per heavy atom. The molecule has 0 fully saturated rings. The van der Waals surface area contributed by atoms with Crippen molar-refractivity contribution in [1.29, 1.82) is 0 Å². The first-order valence-corrected chi connectivity index (χ1v) is 13.0. The van der Waals surface area contributed by atoms with E-state index in [1.165, 1.54) is 0 Å². The average Bonchev–Trinajstić information content (AvgIpc) is 2.99. The molecule has 0 radical (unpaired) electrons. The molecular weight excluding hydrogens is 474 g/mol. The number of anilines is 3. The maximum atomic E-state index is 7.15. The fraction of sp³-hybridized carbons (Fsp3) is 0. The van der Waals surface area contributed by atoms with Crippen molar-refractivity contribution in [2.45, 2.75) is 0 Å². The predicted octanol–water partition coefficient (Wildman–Crippen LogP) is 8.77. The van der Waals surface area contributed by atoms with Crippen LogP contribution >= 0.6 is 0 Å². The number of hydrogen-bond donors (Lipinski definition) is 3. The molecule has 0 bridgehead atoms. The second kappa shape index (κ2) is 10.2. The highest BCUT2D eigenvalue weighted by Gasteiger charge is 2.26. The summed E-state index contributed by atoms with van der Waals surface area (Å²) in [6, 6.07) is 47.2. The van der Waals surface area contributed by atoms with Gasteiger partial charge in [0.15, 0.2) is 0 Å². The number of rotatable bonds is 5. The summed E-state index contributed by atoms with van der Waals surface area (Å²) in [6.45, 7) is 0. The zero-order valence-electron chi connectivity index (χ0n) is 21.5. The van der Waals surface area contributed by atoms with E-state index in [-0.39, 0.29) is 0 Å². The lowest BCUT2D eigenvalue weighted by Gasteiger charge is -2.26. The highest BCUT2D eigenvalue weighted by Crippen LogP contribution is 2.53. The van der Waals surface area contributed by atoms with E-state index in [0.717, 1.165) is 55.6 Å². The molecule has 0 atom stereocenters. The summed E-state index contributed by atoms with van der Waals surface area (Å²) in [5, 5.41) is 0. The van der Waals surface area contributed by atoms with Gasteiger partial charge in [0.25, 0.3) is 0 Å². The predicted molar refractivity (Wildman–Crippen MR) is 167 cm³/mol. The molecule has 0 spiro atoms. The largest absolute Gasteiger partial charge is 0.399 e. The molecule has 0 aliphatic rings. The first-order valence-electron chi connectivity index (χ1n) is 13.0. The highest BCUT2D eigenvalue weighted by atomic mass is 14.7. The van der Waals surface area contributed by atoms with Gasteiger partial charge >= 0.3 is 0 Å². The van der Waals surface area contributed by atoms with E-state index in [4.69, 9.17) is 17.2 Å². The Morgan fingerprint density at radius 2 is 0.692 bits per heavy atom. The Kier molecular flexibility index (Phi) is 6.32. The van der Waals surface area contributed by atoms with E-state index in [1.54, 1.807) is 0 Å². The topological polar surface area (TPSA) is 78.1 Å². The fourth-order valence-corrected chi connectivity index (χ4v) is 5.42. The number of nitrogen functional groups attached to an aromatic ring is 3. The molecule has 0 aliphatic heterocycles. The lowest BCUT2D eigenvalue weighted by Crippen LogP contribution is -2.06. The van der Waals surface area contributed by atoms with Gasteiger partial charge in [-0.1, -0.05) is 127 Å². The Hall–Kier alpha value is -5.28. The van der Waals surface area contributed by atoms with Crippen LogP contribution in [-0.4, -0.2) is 0 Å². The lowest BCUT2D eigenvalue weighted by molar-refractivity contribution is 1.53. The van der Waals surface area contributed by atoms with Crippen molar-refractivity contribution < 1.29 is 0 Å². The van der Waals surface area contributed by atoms with Crippen LogP contribution in [0.1, 0.15) is 0 Å². The summed E-state index contributed by atoms with van der Waals surface area (Å²) in [7, 11) is 0. The van der Waals surface area contributed by atoms with Crippen LogP contribution in [0, 0.1) is 0 Å². The van der Waals surface area contributed by atoms with Crippen molar-refractivity contribution in [3.05, 3.63) is 140 Å². The molecule has 188 valence electrons. The van der Waals surface area contributed by atoms with Gasteiger partial charge in [0.1, 0.15) is 0 Å².